The Morgan fingerprint density at radius 1 is 1.40 bits per heavy atom. The maximum absolute atomic E-state index is 12.0. The van der Waals surface area contributed by atoms with E-state index in [1.165, 1.54) is 18.2 Å². The van der Waals surface area contributed by atoms with Gasteiger partial charge in [0.25, 0.3) is 11.6 Å². The number of rotatable bonds is 3. The normalized spacial score (nSPS) is 17.2. The summed E-state index contributed by atoms with van der Waals surface area (Å²) in [7, 11) is 0. The van der Waals surface area contributed by atoms with E-state index in [-0.39, 0.29) is 23.8 Å². The second-order valence-corrected chi connectivity index (χ2v) is 5.10. The summed E-state index contributed by atoms with van der Waals surface area (Å²) in [6.45, 7) is 3.24. The van der Waals surface area contributed by atoms with Crippen molar-refractivity contribution in [3.63, 3.8) is 0 Å². The first-order valence-corrected chi connectivity index (χ1v) is 5.89. The van der Waals surface area contributed by atoms with E-state index in [1.54, 1.807) is 13.8 Å². The van der Waals surface area contributed by atoms with Gasteiger partial charge in [0.2, 0.25) is 0 Å². The predicted molar refractivity (Wildman–Crippen MR) is 70.7 cm³/mol. The van der Waals surface area contributed by atoms with Crippen LogP contribution in [0.2, 0.25) is 0 Å². The number of benzene rings is 1. The Morgan fingerprint density at radius 2 is 2.05 bits per heavy atom. The molecular weight excluding hydrogens is 264 g/mol. The minimum atomic E-state index is -0.941. The quantitative estimate of drug-likeness (QED) is 0.370. The molecule has 0 unspecified atom stereocenters. The number of nitrogens with two attached hydrogens (primary N) is 1. The van der Waals surface area contributed by atoms with E-state index in [1.807, 2.05) is 0 Å². The SMILES string of the molecule is CC1(C)NC(=O)N(Cc2ccc([N+](=O)[O-])c(N)c2)C1=O. The molecule has 0 saturated carbocycles. The minimum absolute atomic E-state index is 0.00110. The number of carbonyl (C=O) groups excluding carboxylic acids is 2. The van der Waals surface area contributed by atoms with Crippen LogP contribution in [0, 0.1) is 10.1 Å². The number of nitrogens with zero attached hydrogens (tertiary/aromatic N) is 2. The zero-order valence-electron chi connectivity index (χ0n) is 11.0. The van der Waals surface area contributed by atoms with Crippen LogP contribution < -0.4 is 11.1 Å². The third-order valence-corrected chi connectivity index (χ3v) is 3.07. The lowest BCUT2D eigenvalue weighted by Crippen LogP contribution is -2.40. The molecule has 1 saturated heterocycles. The van der Waals surface area contributed by atoms with Crippen LogP contribution in [0.5, 0.6) is 0 Å². The van der Waals surface area contributed by atoms with Crippen molar-refractivity contribution in [3.05, 3.63) is 33.9 Å². The smallest absolute Gasteiger partial charge is 0.325 e. The van der Waals surface area contributed by atoms with E-state index >= 15 is 0 Å². The van der Waals surface area contributed by atoms with Gasteiger partial charge in [0, 0.05) is 6.07 Å². The van der Waals surface area contributed by atoms with Gasteiger partial charge in [0.15, 0.2) is 0 Å². The van der Waals surface area contributed by atoms with Crippen LogP contribution >= 0.6 is 0 Å². The van der Waals surface area contributed by atoms with E-state index < -0.39 is 16.5 Å². The largest absolute Gasteiger partial charge is 0.393 e. The summed E-state index contributed by atoms with van der Waals surface area (Å²) in [5.41, 5.74) is 4.98. The lowest BCUT2D eigenvalue weighted by molar-refractivity contribution is -0.383. The highest BCUT2D eigenvalue weighted by molar-refractivity contribution is 6.06. The van der Waals surface area contributed by atoms with Crippen molar-refractivity contribution in [2.75, 3.05) is 5.73 Å². The van der Waals surface area contributed by atoms with Crippen LogP contribution in [-0.4, -0.2) is 27.3 Å². The van der Waals surface area contributed by atoms with Crippen molar-refractivity contribution in [1.29, 1.82) is 0 Å². The number of anilines is 1. The first-order chi connectivity index (χ1) is 9.22. The molecule has 1 aliphatic heterocycles. The predicted octanol–water partition coefficient (Wildman–Crippen LogP) is 1.01. The van der Waals surface area contributed by atoms with E-state index in [9.17, 15) is 19.7 Å². The maximum atomic E-state index is 12.0. The molecule has 3 N–H and O–H groups in total. The number of nitrogens with one attached hydrogen (secondary N) is 1. The zero-order valence-corrected chi connectivity index (χ0v) is 11.0. The van der Waals surface area contributed by atoms with Crippen molar-refractivity contribution >= 4 is 23.3 Å². The van der Waals surface area contributed by atoms with E-state index in [4.69, 9.17) is 5.73 Å². The average Bonchev–Trinajstić information content (AvgIpc) is 2.51. The van der Waals surface area contributed by atoms with Gasteiger partial charge < -0.3 is 11.1 Å². The number of urea groups is 1. The summed E-state index contributed by atoms with van der Waals surface area (Å²) in [5.74, 6) is -0.348. The Morgan fingerprint density at radius 3 is 2.50 bits per heavy atom. The molecule has 1 fully saturated rings. The van der Waals surface area contributed by atoms with E-state index in [2.05, 4.69) is 5.32 Å². The summed E-state index contributed by atoms with van der Waals surface area (Å²) < 4.78 is 0. The molecule has 20 heavy (non-hydrogen) atoms. The van der Waals surface area contributed by atoms with E-state index in [0.717, 1.165) is 4.90 Å². The van der Waals surface area contributed by atoms with Crippen molar-refractivity contribution in [2.24, 2.45) is 0 Å². The Hall–Kier alpha value is -2.64. The molecule has 8 nitrogen and oxygen atoms in total. The van der Waals surface area contributed by atoms with Gasteiger partial charge in [-0.3, -0.25) is 19.8 Å². The molecule has 0 spiro atoms. The Balaban J connectivity index is 2.23. The van der Waals surface area contributed by atoms with E-state index in [0.29, 0.717) is 5.56 Å². The Bertz CT molecular complexity index is 611. The molecule has 2 rings (SSSR count). The van der Waals surface area contributed by atoms with Crippen molar-refractivity contribution in [1.82, 2.24) is 10.2 Å². The van der Waals surface area contributed by atoms with Gasteiger partial charge in [-0.1, -0.05) is 6.07 Å². The topological polar surface area (TPSA) is 119 Å². The number of hydrogen-bond acceptors (Lipinski definition) is 5. The second kappa shape index (κ2) is 4.48. The molecule has 106 valence electrons. The number of amides is 3. The summed E-state index contributed by atoms with van der Waals surface area (Å²) in [5, 5.41) is 13.2. The van der Waals surface area contributed by atoms with Crippen molar-refractivity contribution < 1.29 is 14.5 Å². The van der Waals surface area contributed by atoms with Crippen molar-refractivity contribution in [2.45, 2.75) is 25.9 Å². The third-order valence-electron chi connectivity index (χ3n) is 3.07. The number of nitro benzene ring substituents is 1. The Kier molecular flexibility index (Phi) is 3.09. The fourth-order valence-corrected chi connectivity index (χ4v) is 2.01. The van der Waals surface area contributed by atoms with Gasteiger partial charge in [-0.25, -0.2) is 4.79 Å². The number of nitro groups is 1. The molecular formula is C12H14N4O4. The number of nitrogen functional groups attached to an aromatic ring is 1. The lowest BCUT2D eigenvalue weighted by atomic mass is 10.1. The van der Waals surface area contributed by atoms with Crippen LogP contribution in [0.4, 0.5) is 16.2 Å². The minimum Gasteiger partial charge on any atom is -0.393 e. The number of imide groups is 1. The zero-order chi connectivity index (χ0) is 15.1. The van der Waals surface area contributed by atoms with Crippen molar-refractivity contribution in [3.8, 4) is 0 Å². The third kappa shape index (κ3) is 2.27. The van der Waals surface area contributed by atoms with Gasteiger partial charge in [-0.2, -0.15) is 0 Å². The molecule has 3 amide bonds. The highest BCUT2D eigenvalue weighted by atomic mass is 16.6. The molecule has 0 atom stereocenters. The molecule has 0 bridgehead atoms. The molecule has 0 aliphatic carbocycles. The molecule has 1 heterocycles. The van der Waals surface area contributed by atoms with Crippen LogP contribution in [0.15, 0.2) is 18.2 Å². The number of carbonyl (C=O) groups is 2. The van der Waals surface area contributed by atoms with Gasteiger partial charge >= 0.3 is 6.03 Å². The van der Waals surface area contributed by atoms with Crippen LogP contribution in [0.1, 0.15) is 19.4 Å². The molecule has 8 heteroatoms. The molecule has 1 aliphatic rings. The monoisotopic (exact) mass is 278 g/mol. The maximum Gasteiger partial charge on any atom is 0.325 e. The molecule has 1 aromatic rings. The van der Waals surface area contributed by atoms with Gasteiger partial charge in [0.1, 0.15) is 11.2 Å². The summed E-state index contributed by atoms with van der Waals surface area (Å²) >= 11 is 0. The first kappa shape index (κ1) is 13.8. The summed E-state index contributed by atoms with van der Waals surface area (Å²) in [6.07, 6.45) is 0. The lowest BCUT2D eigenvalue weighted by Gasteiger charge is -2.16. The fourth-order valence-electron chi connectivity index (χ4n) is 2.01. The molecule has 0 aromatic heterocycles. The molecule has 0 radical (unpaired) electrons. The number of hydrogen-bond donors (Lipinski definition) is 2. The van der Waals surface area contributed by atoms with Crippen LogP contribution in [0.3, 0.4) is 0 Å². The Labute approximate surface area is 114 Å². The van der Waals surface area contributed by atoms with Crippen LogP contribution in [0.25, 0.3) is 0 Å². The van der Waals surface area contributed by atoms with Gasteiger partial charge in [0.05, 0.1) is 11.5 Å². The van der Waals surface area contributed by atoms with Crippen LogP contribution in [-0.2, 0) is 11.3 Å². The van der Waals surface area contributed by atoms with Gasteiger partial charge in [-0.15, -0.1) is 0 Å². The average molecular weight is 278 g/mol. The molecule has 1 aromatic carbocycles. The highest BCUT2D eigenvalue weighted by Gasteiger charge is 2.44. The standard InChI is InChI=1S/C12H14N4O4/c1-12(2)10(17)15(11(18)14-12)6-7-3-4-9(16(19)20)8(13)5-7/h3-5H,6,13H2,1-2H3,(H,14,18). The summed E-state index contributed by atoms with van der Waals surface area (Å²) in [6, 6.07) is 3.63. The first-order valence-electron chi connectivity index (χ1n) is 5.89. The van der Waals surface area contributed by atoms with Gasteiger partial charge in [-0.05, 0) is 25.5 Å². The second-order valence-electron chi connectivity index (χ2n) is 5.10. The fraction of sp³-hybridized carbons (Fsp3) is 0.333. The highest BCUT2D eigenvalue weighted by Crippen LogP contribution is 2.24. The summed E-state index contributed by atoms with van der Waals surface area (Å²) in [4.78, 5) is 34.9.